The predicted molar refractivity (Wildman–Crippen MR) is 76.3 cm³/mol. The lowest BCUT2D eigenvalue weighted by Gasteiger charge is -2.21. The monoisotopic (exact) mass is 290 g/mol. The summed E-state index contributed by atoms with van der Waals surface area (Å²) in [6.07, 6.45) is 0. The zero-order valence-electron chi connectivity index (χ0n) is 11.5. The van der Waals surface area contributed by atoms with Gasteiger partial charge in [-0.15, -0.1) is 0 Å². The van der Waals surface area contributed by atoms with Crippen LogP contribution < -0.4 is 11.1 Å². The van der Waals surface area contributed by atoms with Crippen LogP contribution in [-0.2, 0) is 4.79 Å². The predicted octanol–water partition coefficient (Wildman–Crippen LogP) is 2.84. The van der Waals surface area contributed by atoms with E-state index in [0.717, 1.165) is 17.7 Å². The maximum atomic E-state index is 13.3. The lowest BCUT2D eigenvalue weighted by molar-refractivity contribution is -0.120. The molecule has 2 aromatic carbocycles. The molecular formula is C16H16F2N2O. The Kier molecular flexibility index (Phi) is 4.65. The summed E-state index contributed by atoms with van der Waals surface area (Å²) < 4.78 is 26.2. The summed E-state index contributed by atoms with van der Waals surface area (Å²) in [5, 5.41) is 3.03. The molecule has 0 saturated heterocycles. The van der Waals surface area contributed by atoms with E-state index in [0.29, 0.717) is 5.56 Å². The molecule has 2 aromatic rings. The normalized spacial score (nSPS) is 13.7. The molecule has 0 spiro atoms. The van der Waals surface area contributed by atoms with E-state index in [9.17, 15) is 13.6 Å². The van der Waals surface area contributed by atoms with Crippen LogP contribution in [0.4, 0.5) is 8.78 Å². The van der Waals surface area contributed by atoms with Crippen molar-refractivity contribution in [3.63, 3.8) is 0 Å². The van der Waals surface area contributed by atoms with Gasteiger partial charge in [0.05, 0.1) is 0 Å². The van der Waals surface area contributed by atoms with Crippen molar-refractivity contribution in [1.82, 2.24) is 5.32 Å². The van der Waals surface area contributed by atoms with Crippen LogP contribution in [0.2, 0.25) is 0 Å². The average molecular weight is 290 g/mol. The molecule has 2 atom stereocenters. The van der Waals surface area contributed by atoms with E-state index in [1.54, 1.807) is 31.2 Å². The first-order chi connectivity index (χ1) is 9.99. The van der Waals surface area contributed by atoms with Crippen molar-refractivity contribution in [2.24, 2.45) is 5.73 Å². The van der Waals surface area contributed by atoms with Crippen LogP contribution in [0.15, 0.2) is 48.5 Å². The zero-order valence-corrected chi connectivity index (χ0v) is 11.5. The van der Waals surface area contributed by atoms with Crippen molar-refractivity contribution in [2.45, 2.75) is 19.0 Å². The first-order valence-corrected chi connectivity index (χ1v) is 6.54. The highest BCUT2D eigenvalue weighted by molar-refractivity contribution is 5.81. The minimum Gasteiger partial charge on any atom is -0.368 e. The van der Waals surface area contributed by atoms with E-state index >= 15 is 0 Å². The molecule has 1 amide bonds. The fraction of sp³-hybridized carbons (Fsp3) is 0.188. The molecule has 110 valence electrons. The van der Waals surface area contributed by atoms with Gasteiger partial charge >= 0.3 is 0 Å². The Morgan fingerprint density at radius 2 is 1.71 bits per heavy atom. The van der Waals surface area contributed by atoms with Crippen molar-refractivity contribution in [2.75, 3.05) is 0 Å². The summed E-state index contributed by atoms with van der Waals surface area (Å²) in [7, 11) is 0. The molecule has 0 aliphatic carbocycles. The van der Waals surface area contributed by atoms with E-state index in [-0.39, 0.29) is 6.04 Å². The van der Waals surface area contributed by atoms with Gasteiger partial charge in [0.15, 0.2) is 11.6 Å². The summed E-state index contributed by atoms with van der Waals surface area (Å²) in [5.41, 5.74) is 6.67. The van der Waals surface area contributed by atoms with Crippen LogP contribution in [0.25, 0.3) is 0 Å². The van der Waals surface area contributed by atoms with Gasteiger partial charge in [-0.1, -0.05) is 36.4 Å². The quantitative estimate of drug-likeness (QED) is 0.889. The van der Waals surface area contributed by atoms with Gasteiger partial charge in [0, 0.05) is 6.04 Å². The van der Waals surface area contributed by atoms with Crippen LogP contribution in [0.1, 0.15) is 30.1 Å². The molecule has 5 heteroatoms. The fourth-order valence-electron chi connectivity index (χ4n) is 2.12. The number of rotatable bonds is 5. The molecule has 0 radical (unpaired) electrons. The molecule has 0 heterocycles. The van der Waals surface area contributed by atoms with Crippen LogP contribution >= 0.6 is 0 Å². The van der Waals surface area contributed by atoms with Crippen LogP contribution in [0.3, 0.4) is 0 Å². The van der Waals surface area contributed by atoms with Crippen molar-refractivity contribution < 1.29 is 13.6 Å². The maximum Gasteiger partial charge on any atom is 0.239 e. The summed E-state index contributed by atoms with van der Waals surface area (Å²) in [5.74, 6) is -2.35. The van der Waals surface area contributed by atoms with E-state index in [1.165, 1.54) is 6.07 Å². The summed E-state index contributed by atoms with van der Waals surface area (Å²) in [6.45, 7) is 1.76. The molecule has 0 bridgehead atoms. The number of halogens is 2. The first-order valence-electron chi connectivity index (χ1n) is 6.54. The SMILES string of the molecule is C[C@H](N[C@H](C(N)=O)c1ccccc1)c1ccc(F)c(F)c1. The number of nitrogens with one attached hydrogen (secondary N) is 1. The summed E-state index contributed by atoms with van der Waals surface area (Å²) in [4.78, 5) is 11.6. The molecule has 0 aliphatic heterocycles. The Labute approximate surface area is 121 Å². The number of nitrogens with two attached hydrogens (primary N) is 1. The highest BCUT2D eigenvalue weighted by Gasteiger charge is 2.20. The highest BCUT2D eigenvalue weighted by Crippen LogP contribution is 2.21. The average Bonchev–Trinajstić information content (AvgIpc) is 2.48. The molecule has 0 fully saturated rings. The number of carbonyl (C=O) groups is 1. The van der Waals surface area contributed by atoms with Crippen LogP contribution in [0.5, 0.6) is 0 Å². The Balaban J connectivity index is 2.20. The Hall–Kier alpha value is -2.27. The summed E-state index contributed by atoms with van der Waals surface area (Å²) >= 11 is 0. The second-order valence-electron chi connectivity index (χ2n) is 4.81. The standard InChI is InChI=1S/C16H16F2N2O/c1-10(12-7-8-13(17)14(18)9-12)20-15(16(19)21)11-5-3-2-4-6-11/h2-10,15,20H,1H3,(H2,19,21)/t10-,15-/m0/s1. The van der Waals surface area contributed by atoms with E-state index in [1.807, 2.05) is 6.07 Å². The number of hydrogen-bond donors (Lipinski definition) is 2. The Morgan fingerprint density at radius 3 is 2.29 bits per heavy atom. The van der Waals surface area contributed by atoms with Gasteiger partial charge in [-0.2, -0.15) is 0 Å². The smallest absolute Gasteiger partial charge is 0.239 e. The number of amides is 1. The molecule has 0 unspecified atom stereocenters. The Morgan fingerprint density at radius 1 is 1.05 bits per heavy atom. The van der Waals surface area contributed by atoms with E-state index < -0.39 is 23.6 Å². The largest absolute Gasteiger partial charge is 0.368 e. The van der Waals surface area contributed by atoms with Crippen molar-refractivity contribution in [1.29, 1.82) is 0 Å². The van der Waals surface area contributed by atoms with Gasteiger partial charge in [-0.25, -0.2) is 8.78 Å². The third-order valence-electron chi connectivity index (χ3n) is 3.28. The second kappa shape index (κ2) is 6.45. The number of primary amides is 1. The fourth-order valence-corrected chi connectivity index (χ4v) is 2.12. The van der Waals surface area contributed by atoms with Crippen LogP contribution in [0, 0.1) is 11.6 Å². The van der Waals surface area contributed by atoms with Crippen molar-refractivity contribution in [3.8, 4) is 0 Å². The minimum atomic E-state index is -0.920. The third kappa shape index (κ3) is 3.64. The molecule has 3 nitrogen and oxygen atoms in total. The maximum absolute atomic E-state index is 13.3. The lowest BCUT2D eigenvalue weighted by atomic mass is 10.0. The molecule has 0 saturated carbocycles. The highest BCUT2D eigenvalue weighted by atomic mass is 19.2. The second-order valence-corrected chi connectivity index (χ2v) is 4.81. The minimum absolute atomic E-state index is 0.363. The number of hydrogen-bond acceptors (Lipinski definition) is 2. The van der Waals surface area contributed by atoms with Crippen LogP contribution in [-0.4, -0.2) is 5.91 Å². The zero-order chi connectivity index (χ0) is 15.4. The topological polar surface area (TPSA) is 55.1 Å². The van der Waals surface area contributed by atoms with Gasteiger partial charge in [-0.05, 0) is 30.2 Å². The van der Waals surface area contributed by atoms with Gasteiger partial charge in [0.2, 0.25) is 5.91 Å². The number of carbonyl (C=O) groups excluding carboxylic acids is 1. The van der Waals surface area contributed by atoms with Gasteiger partial charge < -0.3 is 5.73 Å². The van der Waals surface area contributed by atoms with Gasteiger partial charge in [0.1, 0.15) is 6.04 Å². The molecule has 21 heavy (non-hydrogen) atoms. The van der Waals surface area contributed by atoms with Crippen molar-refractivity contribution in [3.05, 3.63) is 71.3 Å². The molecule has 2 rings (SSSR count). The first kappa shape index (κ1) is 15.1. The lowest BCUT2D eigenvalue weighted by Crippen LogP contribution is -2.35. The molecule has 3 N–H and O–H groups in total. The molecule has 0 aromatic heterocycles. The van der Waals surface area contributed by atoms with E-state index in [4.69, 9.17) is 5.73 Å². The van der Waals surface area contributed by atoms with Gasteiger partial charge in [-0.3, -0.25) is 10.1 Å². The van der Waals surface area contributed by atoms with E-state index in [2.05, 4.69) is 5.32 Å². The summed E-state index contributed by atoms with van der Waals surface area (Å²) in [6, 6.07) is 11.6. The molecular weight excluding hydrogens is 274 g/mol. The Bertz CT molecular complexity index is 631. The van der Waals surface area contributed by atoms with Gasteiger partial charge in [0.25, 0.3) is 0 Å². The number of benzene rings is 2. The third-order valence-corrected chi connectivity index (χ3v) is 3.28. The molecule has 0 aliphatic rings. The van der Waals surface area contributed by atoms with Crippen molar-refractivity contribution >= 4 is 5.91 Å².